The van der Waals surface area contributed by atoms with Gasteiger partial charge in [0.05, 0.1) is 304 Å². The third-order valence-electron chi connectivity index (χ3n) is 17.5. The number of ketones is 2. The Labute approximate surface area is 853 Å². The first kappa shape index (κ1) is 139. The molecule has 3 fully saturated rings. The van der Waals surface area contributed by atoms with Gasteiger partial charge in [0.15, 0.2) is 0 Å². The van der Waals surface area contributed by atoms with Crippen molar-refractivity contribution in [3.63, 3.8) is 0 Å². The molecular formula is C92H165N7O47. The van der Waals surface area contributed by atoms with Crippen molar-refractivity contribution in [2.75, 3.05) is 325 Å². The normalized spacial score (nSPS) is 13.7. The molecule has 3 atom stereocenters. The molecule has 0 spiro atoms. The Morgan fingerprint density at radius 3 is 0.671 bits per heavy atom. The number of rotatable bonds is 87. The Kier molecular flexibility index (Phi) is 89.5. The maximum Gasteiger partial charge on any atom is 0.408 e. The van der Waals surface area contributed by atoms with Gasteiger partial charge in [-0.2, -0.15) is 5.06 Å². The van der Waals surface area contributed by atoms with E-state index in [1.54, 1.807) is 83.6 Å². The molecular weight excluding hydrogens is 1960 g/mol. The number of Topliss-reactive ketones (excluding diaryl/α,β-unsaturated/α-hetero) is 2. The lowest BCUT2D eigenvalue weighted by atomic mass is 10.1. The molecule has 3 heterocycles. The van der Waals surface area contributed by atoms with Crippen LogP contribution in [0.2, 0.25) is 0 Å². The number of ether oxygens (including phenoxy) is 27. The van der Waals surface area contributed by atoms with E-state index in [-0.39, 0.29) is 133 Å². The van der Waals surface area contributed by atoms with Gasteiger partial charge in [-0.1, -0.05) is 0 Å². The predicted molar refractivity (Wildman–Crippen MR) is 506 cm³/mol. The van der Waals surface area contributed by atoms with Gasteiger partial charge in [0.1, 0.15) is 46.5 Å². The summed E-state index contributed by atoms with van der Waals surface area (Å²) in [5, 5.41) is 34.0. The van der Waals surface area contributed by atoms with E-state index in [0.29, 0.717) is 281 Å². The maximum absolute atomic E-state index is 12.7. The molecule has 0 bridgehead atoms. The lowest BCUT2D eigenvalue weighted by Crippen LogP contribution is -2.47. The summed E-state index contributed by atoms with van der Waals surface area (Å²) in [4.78, 5) is 182. The lowest BCUT2D eigenvalue weighted by Gasteiger charge is -2.23. The number of alkyl carbamates (subject to hydrolysis) is 3. The minimum atomic E-state index is -1.32. The van der Waals surface area contributed by atoms with Crippen LogP contribution in [0.5, 0.6) is 0 Å². The number of hydroxylamine groups is 6. The number of imide groups is 3. The van der Waals surface area contributed by atoms with Gasteiger partial charge < -0.3 is 169 Å². The number of hydrogen-bond acceptors (Lipinski definition) is 46. The molecule has 0 saturated carbocycles. The Balaban J connectivity index is 0. The van der Waals surface area contributed by atoms with Crippen molar-refractivity contribution in [1.82, 2.24) is 31.1 Å². The molecule has 3 saturated heterocycles. The van der Waals surface area contributed by atoms with Gasteiger partial charge in [0.25, 0.3) is 35.4 Å². The summed E-state index contributed by atoms with van der Waals surface area (Å²) in [6.07, 6.45) is -2.35. The highest BCUT2D eigenvalue weighted by atomic mass is 16.7. The standard InChI is InChI=1S/C31H54N2O15.C27H51NO13.C22H39NO12.C8H16N2O4.C4H5NO3/c1-31(2,3)47-30(38)32-26(29(37)48-33-27(35)7-8-28(33)36)6-5-25(34)9-10-40-13-14-42-17-18-44-21-22-46-24-23-45-20-19-43-16-15-41-12-11-39-4;1-27(2,3)41-26(32)28-24(25(30)31)6-5-23(29)7-8-34-11-12-36-15-16-38-19-20-40-22-21-39-18-17-37-14-13-35-10-9-33-4;1-27-6-7-29-10-11-31-14-15-33-18-19-34-17-16-32-13-12-30-9-8-28-5-4-22(26)35-23-20(24)2-3-21(23)25;1-8(2,3)14-7(13)10-5(4-9)6(11)12;6-3-1-2-4(7)5(3)8/h26H,5-24H2,1-4H3,(H,32,38);24H,5-22H2,1-4H3,(H,28,32)(H,30,31);2-19H2,1H3;5H,4,9H2,1-3H3,(H,10,13)(H,11,12);8H,1-2H2/t26-;24-;;5-;/m00.0./s1. The van der Waals surface area contributed by atoms with Crippen LogP contribution >= 0.6 is 0 Å². The molecule has 9 amide bonds. The average molecular weight is 2120 g/mol. The quantitative estimate of drug-likeness (QED) is 0.0197. The number of carbonyl (C=O) groups excluding carboxylic acids is 13. The van der Waals surface area contributed by atoms with Crippen LogP contribution in [-0.4, -0.2) is 480 Å². The highest BCUT2D eigenvalue weighted by Gasteiger charge is 2.37. The minimum Gasteiger partial charge on any atom is -0.480 e. The fourth-order valence-corrected chi connectivity index (χ4v) is 10.3. The number of methoxy groups -OCH3 is 3. The second-order valence-electron chi connectivity index (χ2n) is 33.4. The summed E-state index contributed by atoms with van der Waals surface area (Å²) in [5.41, 5.74) is 2.89. The molecule has 146 heavy (non-hydrogen) atoms. The third kappa shape index (κ3) is 90.5. The van der Waals surface area contributed by atoms with Gasteiger partial charge in [-0.25, -0.2) is 33.6 Å². The molecule has 3 aliphatic heterocycles. The molecule has 850 valence electrons. The zero-order valence-corrected chi connectivity index (χ0v) is 87.2. The zero-order valence-electron chi connectivity index (χ0n) is 87.2. The predicted octanol–water partition coefficient (Wildman–Crippen LogP) is 1.65. The Hall–Kier alpha value is -8.59. The van der Waals surface area contributed by atoms with Crippen molar-refractivity contribution >= 4 is 89.2 Å². The monoisotopic (exact) mass is 2120 g/mol. The first-order valence-corrected chi connectivity index (χ1v) is 48.3. The van der Waals surface area contributed by atoms with Gasteiger partial charge in [-0.15, -0.1) is 10.1 Å². The summed E-state index contributed by atoms with van der Waals surface area (Å²) < 4.78 is 143. The molecule has 3 aliphatic rings. The molecule has 8 N–H and O–H groups in total. The third-order valence-corrected chi connectivity index (χ3v) is 17.5. The molecule has 0 radical (unpaired) electrons. The molecule has 54 heteroatoms. The maximum atomic E-state index is 12.7. The van der Waals surface area contributed by atoms with Gasteiger partial charge in [0.2, 0.25) is 0 Å². The van der Waals surface area contributed by atoms with Gasteiger partial charge >= 0.3 is 42.2 Å². The Morgan fingerprint density at radius 2 is 0.466 bits per heavy atom. The Morgan fingerprint density at radius 1 is 0.274 bits per heavy atom. The van der Waals surface area contributed by atoms with Gasteiger partial charge in [-0.05, 0) is 75.2 Å². The van der Waals surface area contributed by atoms with E-state index >= 15 is 0 Å². The summed E-state index contributed by atoms with van der Waals surface area (Å²) in [7, 11) is 4.89. The number of nitrogens with one attached hydrogen (secondary N) is 3. The number of carbonyl (C=O) groups is 15. The topological polar surface area (TPSA) is 656 Å². The van der Waals surface area contributed by atoms with Crippen molar-refractivity contribution < 1.29 is 225 Å². The molecule has 0 aromatic heterocycles. The molecule has 3 rings (SSSR count). The number of amides is 9. The summed E-state index contributed by atoms with van der Waals surface area (Å²) in [5.74, 6) is -7.88. The minimum absolute atomic E-state index is 0.00216. The molecule has 0 unspecified atom stereocenters. The molecule has 54 nitrogen and oxygen atoms in total. The van der Waals surface area contributed by atoms with Crippen molar-refractivity contribution in [3.05, 3.63) is 0 Å². The van der Waals surface area contributed by atoms with E-state index < -0.39 is 113 Å². The summed E-state index contributed by atoms with van der Waals surface area (Å²) in [6, 6.07) is -3.63. The van der Waals surface area contributed by atoms with E-state index in [0.717, 1.165) is 0 Å². The fraction of sp³-hybridized carbons (Fsp3) is 0.837. The van der Waals surface area contributed by atoms with Crippen LogP contribution in [0, 0.1) is 0 Å². The smallest absolute Gasteiger partial charge is 0.408 e. The average Bonchev–Trinajstić information content (AvgIpc) is 1.80. The van der Waals surface area contributed by atoms with E-state index in [9.17, 15) is 77.0 Å². The highest BCUT2D eigenvalue weighted by molar-refractivity contribution is 6.03. The van der Waals surface area contributed by atoms with Crippen molar-refractivity contribution in [2.24, 2.45) is 5.73 Å². The van der Waals surface area contributed by atoms with Crippen molar-refractivity contribution in [3.8, 4) is 0 Å². The van der Waals surface area contributed by atoms with Crippen LogP contribution in [0.4, 0.5) is 14.4 Å². The van der Waals surface area contributed by atoms with E-state index in [1.807, 2.05) is 0 Å². The van der Waals surface area contributed by atoms with Crippen LogP contribution in [0.25, 0.3) is 0 Å². The number of carboxylic acid groups (broad SMARTS) is 2. The zero-order chi connectivity index (χ0) is 109. The first-order chi connectivity index (χ1) is 69.8. The van der Waals surface area contributed by atoms with Crippen LogP contribution in [0.3, 0.4) is 0 Å². The van der Waals surface area contributed by atoms with Crippen LogP contribution in [0.1, 0.15) is 146 Å². The number of hydrogen-bond donors (Lipinski definition) is 7. The molecule has 0 aromatic rings. The summed E-state index contributed by atoms with van der Waals surface area (Å²) in [6.45, 7) is 34.7. The van der Waals surface area contributed by atoms with E-state index in [1.165, 1.54) is 0 Å². The Bertz CT molecular complexity index is 3400. The number of carboxylic acids is 2. The fourth-order valence-electron chi connectivity index (χ4n) is 10.3. The van der Waals surface area contributed by atoms with Crippen molar-refractivity contribution in [2.45, 2.75) is 181 Å². The SMILES string of the molecule is CC(C)(C)OC(=O)N[C@@H](CN)C(=O)O.COCCOCCOCCOCCOCCOCCOCCOCCC(=O)CC[C@H](NC(=O)OC(C)(C)C)C(=O)O.COCCOCCOCCOCCOCCOCCOCCOCCC(=O)CC[C@H](NC(=O)OC(C)(C)C)C(=O)ON1C(=O)CCC1=O.COCCOCCOCCOCCOCCOCCOCCOCCC(=O)ON1C(=O)CCC1=O.O=C1CCC(=O)N1O. The van der Waals surface area contributed by atoms with Gasteiger partial charge in [0, 0.05) is 92.1 Å². The largest absolute Gasteiger partial charge is 0.480 e. The second-order valence-corrected chi connectivity index (χ2v) is 33.4. The van der Waals surface area contributed by atoms with Gasteiger partial charge in [-0.3, -0.25) is 43.6 Å². The van der Waals surface area contributed by atoms with E-state index in [4.69, 9.17) is 154 Å². The number of nitrogens with two attached hydrogens (primary N) is 1. The number of aliphatic carboxylic acids is 2. The number of nitrogens with zero attached hydrogens (tertiary/aromatic N) is 3. The molecule has 0 aliphatic carbocycles. The van der Waals surface area contributed by atoms with Crippen molar-refractivity contribution in [1.29, 1.82) is 0 Å². The van der Waals surface area contributed by atoms with E-state index in [2.05, 4.69) is 16.0 Å². The van der Waals surface area contributed by atoms with Crippen LogP contribution < -0.4 is 21.7 Å². The highest BCUT2D eigenvalue weighted by Crippen LogP contribution is 2.18. The molecule has 0 aromatic carbocycles. The van der Waals surface area contributed by atoms with Crippen LogP contribution in [-0.2, 0) is 195 Å². The lowest BCUT2D eigenvalue weighted by molar-refractivity contribution is -0.199. The van der Waals surface area contributed by atoms with Crippen LogP contribution in [0.15, 0.2) is 0 Å². The second kappa shape index (κ2) is 93.7. The first-order valence-electron chi connectivity index (χ1n) is 48.3. The summed E-state index contributed by atoms with van der Waals surface area (Å²) >= 11 is 0.